The highest BCUT2D eigenvalue weighted by Crippen LogP contribution is 2.33. The molecule has 0 radical (unpaired) electrons. The summed E-state index contributed by atoms with van der Waals surface area (Å²) in [5.41, 5.74) is 3.73. The first-order chi connectivity index (χ1) is 8.89. The number of Topliss-reactive ketones (excluding diaryl/α,β-unsaturated/α-hetero) is 1. The average Bonchev–Trinajstić information content (AvgIpc) is 2.38. The van der Waals surface area contributed by atoms with Gasteiger partial charge in [-0.3, -0.25) is 4.79 Å². The predicted molar refractivity (Wildman–Crippen MR) is 89.6 cm³/mol. The fourth-order valence-electron chi connectivity index (χ4n) is 2.40. The molecule has 0 unspecified atom stereocenters. The number of rotatable bonds is 1. The highest BCUT2D eigenvalue weighted by atomic mass is 127. The summed E-state index contributed by atoms with van der Waals surface area (Å²) in [6.07, 6.45) is 3.86. The van der Waals surface area contributed by atoms with E-state index in [0.717, 1.165) is 34.8 Å². The van der Waals surface area contributed by atoms with E-state index in [1.165, 1.54) is 11.1 Å². The Kier molecular flexibility index (Phi) is 4.49. The molecule has 1 aliphatic carbocycles. The van der Waals surface area contributed by atoms with Crippen LogP contribution in [0.25, 0.3) is 3.58 Å². The van der Waals surface area contributed by atoms with Crippen LogP contribution in [0.5, 0.6) is 0 Å². The van der Waals surface area contributed by atoms with Crippen molar-refractivity contribution in [2.45, 2.75) is 51.9 Å². The van der Waals surface area contributed by atoms with Crippen LogP contribution >= 0.6 is 22.6 Å². The summed E-state index contributed by atoms with van der Waals surface area (Å²) in [6.45, 7) is 6.66. The van der Waals surface area contributed by atoms with E-state index in [2.05, 4.69) is 67.6 Å². The Hall–Kier alpha value is -0.640. The van der Waals surface area contributed by atoms with E-state index in [9.17, 15) is 4.79 Å². The van der Waals surface area contributed by atoms with Crippen molar-refractivity contribution in [1.82, 2.24) is 0 Å². The topological polar surface area (TPSA) is 17.1 Å². The minimum Gasteiger partial charge on any atom is -0.295 e. The van der Waals surface area contributed by atoms with E-state index in [0.29, 0.717) is 5.78 Å². The fourth-order valence-corrected chi connectivity index (χ4v) is 3.33. The van der Waals surface area contributed by atoms with Crippen LogP contribution in [0.4, 0.5) is 0 Å². The van der Waals surface area contributed by atoms with Crippen molar-refractivity contribution < 1.29 is 4.79 Å². The molecule has 1 aromatic carbocycles. The molecular weight excluding hydrogens is 347 g/mol. The first-order valence-corrected chi connectivity index (χ1v) is 8.00. The lowest BCUT2D eigenvalue weighted by Gasteiger charge is -2.20. The number of hydrogen-bond acceptors (Lipinski definition) is 1. The summed E-state index contributed by atoms with van der Waals surface area (Å²) < 4.78 is 1.14. The van der Waals surface area contributed by atoms with Crippen LogP contribution in [0.1, 0.15) is 57.6 Å². The Morgan fingerprint density at radius 3 is 2.16 bits per heavy atom. The Morgan fingerprint density at radius 2 is 1.63 bits per heavy atom. The molecule has 2 heteroatoms. The Morgan fingerprint density at radius 1 is 1.05 bits per heavy atom. The maximum Gasteiger partial charge on any atom is 0.159 e. The molecule has 0 heterocycles. The summed E-state index contributed by atoms with van der Waals surface area (Å²) >= 11 is 2.33. The minimum absolute atomic E-state index is 0.178. The van der Waals surface area contributed by atoms with E-state index in [-0.39, 0.29) is 5.41 Å². The third-order valence-electron chi connectivity index (χ3n) is 3.69. The van der Waals surface area contributed by atoms with Crippen LogP contribution in [0.2, 0.25) is 0 Å². The number of ketones is 1. The number of benzene rings is 1. The van der Waals surface area contributed by atoms with Crippen molar-refractivity contribution >= 4 is 32.0 Å². The quantitative estimate of drug-likeness (QED) is 0.487. The summed E-state index contributed by atoms with van der Waals surface area (Å²) in [4.78, 5) is 12.0. The largest absolute Gasteiger partial charge is 0.295 e. The molecule has 0 amide bonds. The van der Waals surface area contributed by atoms with Gasteiger partial charge in [-0.15, -0.1) is 0 Å². The maximum absolute atomic E-state index is 12.0. The average molecular weight is 368 g/mol. The maximum atomic E-state index is 12.0. The van der Waals surface area contributed by atoms with Crippen molar-refractivity contribution in [2.75, 3.05) is 0 Å². The van der Waals surface area contributed by atoms with Gasteiger partial charge in [-0.25, -0.2) is 0 Å². The lowest BCUT2D eigenvalue weighted by atomic mass is 9.86. The van der Waals surface area contributed by atoms with Gasteiger partial charge in [0, 0.05) is 15.6 Å². The molecule has 1 nitrogen and oxygen atoms in total. The van der Waals surface area contributed by atoms with Crippen LogP contribution in [-0.4, -0.2) is 5.78 Å². The van der Waals surface area contributed by atoms with Gasteiger partial charge < -0.3 is 0 Å². The lowest BCUT2D eigenvalue weighted by Crippen LogP contribution is -2.11. The number of carbonyl (C=O) groups is 1. The molecule has 1 fully saturated rings. The Bertz CT molecular complexity index is 503. The van der Waals surface area contributed by atoms with Gasteiger partial charge in [0.25, 0.3) is 0 Å². The first-order valence-electron chi connectivity index (χ1n) is 6.92. The molecule has 1 aliphatic rings. The first kappa shape index (κ1) is 14.8. The molecule has 0 saturated heterocycles. The van der Waals surface area contributed by atoms with Crippen molar-refractivity contribution in [2.24, 2.45) is 0 Å². The van der Waals surface area contributed by atoms with Crippen LogP contribution < -0.4 is 0 Å². The van der Waals surface area contributed by atoms with Crippen LogP contribution in [0.3, 0.4) is 0 Å². The van der Waals surface area contributed by atoms with E-state index < -0.39 is 0 Å². The number of allylic oxidation sites excluding steroid dienone is 1. The molecule has 0 aromatic heterocycles. The zero-order chi connectivity index (χ0) is 14.0. The monoisotopic (exact) mass is 368 g/mol. The molecule has 0 atom stereocenters. The molecule has 2 rings (SSSR count). The second-order valence-electron chi connectivity index (χ2n) is 6.25. The van der Waals surface area contributed by atoms with Gasteiger partial charge in [0.2, 0.25) is 0 Å². The minimum atomic E-state index is 0.178. The standard InChI is InChI=1S/C17H21IO/c1-17(2,3)13-10-8-12(9-11-13)16(18)14-6-4-5-7-15(14)19/h8-11H,4-7H2,1-3H3/b16-14-. The fraction of sp³-hybridized carbons (Fsp3) is 0.471. The zero-order valence-corrected chi connectivity index (χ0v) is 14.1. The van der Waals surface area contributed by atoms with Gasteiger partial charge >= 0.3 is 0 Å². The highest BCUT2D eigenvalue weighted by molar-refractivity contribution is 14.1. The molecule has 19 heavy (non-hydrogen) atoms. The van der Waals surface area contributed by atoms with Gasteiger partial charge in [-0.1, -0.05) is 45.0 Å². The molecule has 0 bridgehead atoms. The van der Waals surface area contributed by atoms with E-state index in [1.807, 2.05) is 0 Å². The van der Waals surface area contributed by atoms with E-state index in [4.69, 9.17) is 0 Å². The number of halogens is 1. The second kappa shape index (κ2) is 5.78. The summed E-state index contributed by atoms with van der Waals surface area (Å²) in [7, 11) is 0. The van der Waals surface area contributed by atoms with Crippen molar-refractivity contribution in [3.05, 3.63) is 41.0 Å². The van der Waals surface area contributed by atoms with Crippen LogP contribution in [-0.2, 0) is 10.2 Å². The van der Waals surface area contributed by atoms with Crippen LogP contribution in [0.15, 0.2) is 29.8 Å². The van der Waals surface area contributed by atoms with Crippen molar-refractivity contribution in [3.63, 3.8) is 0 Å². The van der Waals surface area contributed by atoms with Crippen molar-refractivity contribution in [1.29, 1.82) is 0 Å². The van der Waals surface area contributed by atoms with Gasteiger partial charge in [0.1, 0.15) is 0 Å². The molecule has 0 aliphatic heterocycles. The highest BCUT2D eigenvalue weighted by Gasteiger charge is 2.19. The van der Waals surface area contributed by atoms with Gasteiger partial charge in [0.05, 0.1) is 0 Å². The summed E-state index contributed by atoms with van der Waals surface area (Å²) in [5.74, 6) is 0.343. The molecule has 102 valence electrons. The van der Waals surface area contributed by atoms with Gasteiger partial charge in [-0.05, 0) is 58.4 Å². The smallest absolute Gasteiger partial charge is 0.159 e. The molecule has 1 aromatic rings. The predicted octanol–water partition coefficient (Wildman–Crippen LogP) is 5.27. The number of carbonyl (C=O) groups excluding carboxylic acids is 1. The van der Waals surface area contributed by atoms with Gasteiger partial charge in [0.15, 0.2) is 5.78 Å². The third kappa shape index (κ3) is 3.47. The van der Waals surface area contributed by atoms with Gasteiger partial charge in [-0.2, -0.15) is 0 Å². The molecule has 0 spiro atoms. The van der Waals surface area contributed by atoms with Crippen molar-refractivity contribution in [3.8, 4) is 0 Å². The Labute approximate surface area is 129 Å². The summed E-state index contributed by atoms with van der Waals surface area (Å²) in [6, 6.07) is 8.66. The second-order valence-corrected chi connectivity index (χ2v) is 7.33. The molecule has 0 N–H and O–H groups in total. The zero-order valence-electron chi connectivity index (χ0n) is 11.9. The van der Waals surface area contributed by atoms with E-state index >= 15 is 0 Å². The van der Waals surface area contributed by atoms with E-state index in [1.54, 1.807) is 0 Å². The molecule has 1 saturated carbocycles. The Balaban J connectivity index is 2.31. The molecular formula is C17H21IO. The number of hydrogen-bond donors (Lipinski definition) is 0. The third-order valence-corrected chi connectivity index (χ3v) is 4.96. The normalized spacial score (nSPS) is 19.5. The summed E-state index contributed by atoms with van der Waals surface area (Å²) in [5, 5.41) is 0. The lowest BCUT2D eigenvalue weighted by molar-refractivity contribution is -0.116. The SMILES string of the molecule is CC(C)(C)c1ccc(/C(I)=C2\CCCCC2=O)cc1. The van der Waals surface area contributed by atoms with Crippen LogP contribution in [0, 0.1) is 0 Å².